The smallest absolute Gasteiger partial charge is 0.373 e. The lowest BCUT2D eigenvalue weighted by atomic mass is 9.84. The van der Waals surface area contributed by atoms with Crippen molar-refractivity contribution >= 4 is 11.0 Å². The summed E-state index contributed by atoms with van der Waals surface area (Å²) < 4.78 is 76.5. The van der Waals surface area contributed by atoms with E-state index in [1.165, 1.54) is 0 Å². The first-order chi connectivity index (χ1) is 16.9. The van der Waals surface area contributed by atoms with Gasteiger partial charge in [0.25, 0.3) is 5.56 Å². The molecule has 194 valence electrons. The molecule has 1 saturated carbocycles. The SMILES string of the molecule is Cn1cc([C@H]2C[C@@H](c3nc(C4CCC(F)(F)CC4)c4nc(C(F)(F)F)n(C)c(=O)c4n3)CCO2)cn1. The molecule has 0 N–H and O–H groups in total. The summed E-state index contributed by atoms with van der Waals surface area (Å²) in [6, 6.07) is 0. The highest BCUT2D eigenvalue weighted by molar-refractivity contribution is 5.76. The van der Waals surface area contributed by atoms with Gasteiger partial charge in [0.1, 0.15) is 11.3 Å². The number of fused-ring (bicyclic) bond motifs is 1. The van der Waals surface area contributed by atoms with Crippen molar-refractivity contribution in [1.29, 1.82) is 0 Å². The van der Waals surface area contributed by atoms with Crippen LogP contribution in [0.3, 0.4) is 0 Å². The number of nitrogens with zero attached hydrogens (tertiary/aromatic N) is 6. The van der Waals surface area contributed by atoms with Gasteiger partial charge in [-0.15, -0.1) is 0 Å². The van der Waals surface area contributed by atoms with Gasteiger partial charge in [0.05, 0.1) is 18.0 Å². The summed E-state index contributed by atoms with van der Waals surface area (Å²) in [5, 5.41) is 4.17. The zero-order valence-corrected chi connectivity index (χ0v) is 19.7. The molecule has 4 heterocycles. The van der Waals surface area contributed by atoms with E-state index in [0.29, 0.717) is 29.8 Å². The van der Waals surface area contributed by atoms with Crippen LogP contribution in [-0.2, 0) is 25.0 Å². The second-order valence-electron chi connectivity index (χ2n) is 9.62. The van der Waals surface area contributed by atoms with E-state index in [0.717, 1.165) is 12.6 Å². The average molecular weight is 512 g/mol. The Morgan fingerprint density at radius 3 is 2.39 bits per heavy atom. The van der Waals surface area contributed by atoms with Crippen LogP contribution >= 0.6 is 0 Å². The molecule has 36 heavy (non-hydrogen) atoms. The van der Waals surface area contributed by atoms with Crippen LogP contribution in [0.15, 0.2) is 17.2 Å². The molecule has 2 atom stereocenters. The first kappa shape index (κ1) is 24.7. The topological polar surface area (TPSA) is 87.7 Å². The van der Waals surface area contributed by atoms with Crippen molar-refractivity contribution in [3.8, 4) is 0 Å². The maximum atomic E-state index is 13.8. The third kappa shape index (κ3) is 4.60. The quantitative estimate of drug-likeness (QED) is 0.484. The van der Waals surface area contributed by atoms with Gasteiger partial charge in [-0.05, 0) is 25.7 Å². The zero-order chi connectivity index (χ0) is 25.8. The second-order valence-corrected chi connectivity index (χ2v) is 9.62. The molecule has 0 spiro atoms. The van der Waals surface area contributed by atoms with Crippen LogP contribution in [-0.4, -0.2) is 41.8 Å². The van der Waals surface area contributed by atoms with E-state index in [-0.39, 0.29) is 41.6 Å². The summed E-state index contributed by atoms with van der Waals surface area (Å²) in [6.45, 7) is 0.389. The van der Waals surface area contributed by atoms with Crippen LogP contribution in [0.4, 0.5) is 22.0 Å². The van der Waals surface area contributed by atoms with Crippen LogP contribution in [0.1, 0.15) is 79.4 Å². The van der Waals surface area contributed by atoms with Gasteiger partial charge >= 0.3 is 6.18 Å². The standard InChI is InChI=1S/C23H25F5N6O2/c1-33-11-14(10-29-33)15-9-13(5-8-36-15)19-30-16(12-3-6-22(24,25)7-4-12)17-18(31-19)20(35)34(2)21(32-17)23(26,27)28/h10-13,15H,3-9H2,1-2H3/t13-,15+/m0/s1. The van der Waals surface area contributed by atoms with Gasteiger partial charge in [0.15, 0.2) is 5.52 Å². The molecular weight excluding hydrogens is 487 g/mol. The maximum Gasteiger partial charge on any atom is 0.449 e. The molecule has 3 aromatic rings. The summed E-state index contributed by atoms with van der Waals surface area (Å²) in [5.41, 5.74) is -0.440. The lowest BCUT2D eigenvalue weighted by Crippen LogP contribution is -2.30. The molecule has 3 aromatic heterocycles. The Bertz CT molecular complexity index is 1340. The molecule has 13 heteroatoms. The van der Waals surface area contributed by atoms with Crippen LogP contribution in [0.2, 0.25) is 0 Å². The van der Waals surface area contributed by atoms with Crippen molar-refractivity contribution in [2.24, 2.45) is 14.1 Å². The van der Waals surface area contributed by atoms with Crippen LogP contribution in [0, 0.1) is 0 Å². The van der Waals surface area contributed by atoms with Gasteiger partial charge in [-0.25, -0.2) is 23.7 Å². The van der Waals surface area contributed by atoms with E-state index in [1.54, 1.807) is 17.9 Å². The van der Waals surface area contributed by atoms with Gasteiger partial charge in [-0.1, -0.05) is 0 Å². The number of hydrogen-bond acceptors (Lipinski definition) is 6. The number of hydrogen-bond donors (Lipinski definition) is 0. The highest BCUT2D eigenvalue weighted by Gasteiger charge is 2.40. The van der Waals surface area contributed by atoms with Crippen molar-refractivity contribution in [1.82, 2.24) is 29.3 Å². The van der Waals surface area contributed by atoms with Crippen LogP contribution in [0.25, 0.3) is 11.0 Å². The largest absolute Gasteiger partial charge is 0.449 e. The minimum atomic E-state index is -4.88. The molecule has 0 unspecified atom stereocenters. The normalized spacial score (nSPS) is 23.3. The lowest BCUT2D eigenvalue weighted by Gasteiger charge is -2.30. The molecule has 2 fully saturated rings. The van der Waals surface area contributed by atoms with Gasteiger partial charge in [-0.3, -0.25) is 14.0 Å². The van der Waals surface area contributed by atoms with Crippen LogP contribution in [0.5, 0.6) is 0 Å². The predicted molar refractivity (Wildman–Crippen MR) is 118 cm³/mol. The molecule has 1 aliphatic carbocycles. The number of aromatic nitrogens is 6. The van der Waals surface area contributed by atoms with Gasteiger partial charge < -0.3 is 4.74 Å². The van der Waals surface area contributed by atoms with Crippen LogP contribution < -0.4 is 5.56 Å². The third-order valence-electron chi connectivity index (χ3n) is 7.07. The lowest BCUT2D eigenvalue weighted by molar-refractivity contribution is -0.147. The number of ether oxygens (including phenoxy) is 1. The first-order valence-corrected chi connectivity index (χ1v) is 11.8. The van der Waals surface area contributed by atoms with Crippen molar-refractivity contribution in [3.63, 3.8) is 0 Å². The number of aryl methyl sites for hydroxylation is 1. The van der Waals surface area contributed by atoms with E-state index in [1.807, 2.05) is 6.20 Å². The van der Waals surface area contributed by atoms with Crippen molar-refractivity contribution in [3.05, 3.63) is 45.7 Å². The molecule has 1 aliphatic heterocycles. The molecule has 5 rings (SSSR count). The third-order valence-corrected chi connectivity index (χ3v) is 7.07. The Labute approximate surface area is 202 Å². The number of halogens is 5. The fraction of sp³-hybridized carbons (Fsp3) is 0.609. The van der Waals surface area contributed by atoms with Crippen molar-refractivity contribution < 1.29 is 26.7 Å². The number of rotatable bonds is 3. The number of alkyl halides is 5. The monoisotopic (exact) mass is 512 g/mol. The Morgan fingerprint density at radius 1 is 1.03 bits per heavy atom. The van der Waals surface area contributed by atoms with E-state index in [9.17, 15) is 26.7 Å². The minimum absolute atomic E-state index is 0.0306. The van der Waals surface area contributed by atoms with E-state index in [4.69, 9.17) is 4.74 Å². The highest BCUT2D eigenvalue weighted by Crippen LogP contribution is 2.43. The second kappa shape index (κ2) is 8.86. The summed E-state index contributed by atoms with van der Waals surface area (Å²) in [4.78, 5) is 25.8. The van der Waals surface area contributed by atoms with Crippen molar-refractivity contribution in [2.45, 2.75) is 68.6 Å². The molecule has 0 amide bonds. The highest BCUT2D eigenvalue weighted by atomic mass is 19.4. The molecule has 0 radical (unpaired) electrons. The molecular formula is C23H25F5N6O2. The maximum absolute atomic E-state index is 13.8. The molecule has 8 nitrogen and oxygen atoms in total. The summed E-state index contributed by atoms with van der Waals surface area (Å²) >= 11 is 0. The fourth-order valence-corrected chi connectivity index (χ4v) is 5.09. The van der Waals surface area contributed by atoms with Gasteiger partial charge in [0.2, 0.25) is 11.7 Å². The van der Waals surface area contributed by atoms with Gasteiger partial charge in [-0.2, -0.15) is 18.3 Å². The minimum Gasteiger partial charge on any atom is -0.373 e. The van der Waals surface area contributed by atoms with Crippen molar-refractivity contribution in [2.75, 3.05) is 6.61 Å². The fourth-order valence-electron chi connectivity index (χ4n) is 5.09. The predicted octanol–water partition coefficient (Wildman–Crippen LogP) is 4.40. The average Bonchev–Trinajstić information content (AvgIpc) is 3.26. The molecule has 2 aliphatic rings. The zero-order valence-electron chi connectivity index (χ0n) is 19.7. The molecule has 0 aromatic carbocycles. The Balaban J connectivity index is 1.62. The van der Waals surface area contributed by atoms with Gasteiger partial charge in [0, 0.05) is 57.1 Å². The van der Waals surface area contributed by atoms with E-state index < -0.39 is 42.2 Å². The van der Waals surface area contributed by atoms with E-state index >= 15 is 0 Å². The Kier molecular flexibility index (Phi) is 6.08. The molecule has 1 saturated heterocycles. The Morgan fingerprint density at radius 2 is 1.75 bits per heavy atom. The van der Waals surface area contributed by atoms with E-state index in [2.05, 4.69) is 20.1 Å². The summed E-state index contributed by atoms with van der Waals surface area (Å²) in [5.74, 6) is -4.71. The Hall–Kier alpha value is -2.96. The first-order valence-electron chi connectivity index (χ1n) is 11.8. The molecule has 0 bridgehead atoms. The summed E-state index contributed by atoms with van der Waals surface area (Å²) in [6.07, 6.45) is -1.37. The summed E-state index contributed by atoms with van der Waals surface area (Å²) in [7, 11) is 2.78.